The van der Waals surface area contributed by atoms with Crippen LogP contribution in [0.2, 0.25) is 10.0 Å². The summed E-state index contributed by atoms with van der Waals surface area (Å²) >= 11 is 11.7. The van der Waals surface area contributed by atoms with Gasteiger partial charge >= 0.3 is 0 Å². The quantitative estimate of drug-likeness (QED) is 0.859. The van der Waals surface area contributed by atoms with Crippen LogP contribution < -0.4 is 10.6 Å². The molecule has 0 aromatic heterocycles. The number of nitrogens with one attached hydrogen (secondary N) is 2. The van der Waals surface area contributed by atoms with E-state index in [9.17, 15) is 4.79 Å². The molecule has 21 heavy (non-hydrogen) atoms. The molecule has 1 amide bonds. The number of carbonyl (C=O) groups is 1. The Balaban J connectivity index is 1.95. The van der Waals surface area contributed by atoms with Gasteiger partial charge in [0, 0.05) is 11.4 Å². The van der Waals surface area contributed by atoms with Crippen molar-refractivity contribution in [2.24, 2.45) is 0 Å². The summed E-state index contributed by atoms with van der Waals surface area (Å²) in [6, 6.07) is 11.1. The maximum Gasteiger partial charge on any atom is 0.243 e. The lowest BCUT2D eigenvalue weighted by Gasteiger charge is -2.11. The summed E-state index contributed by atoms with van der Waals surface area (Å²) < 4.78 is 0. The summed E-state index contributed by atoms with van der Waals surface area (Å²) in [5, 5.41) is 6.77. The zero-order valence-corrected chi connectivity index (χ0v) is 13.3. The minimum atomic E-state index is -0.144. The predicted octanol–water partition coefficient (Wildman–Crippen LogP) is 4.66. The highest BCUT2D eigenvalue weighted by Gasteiger charge is 2.06. The lowest BCUT2D eigenvalue weighted by molar-refractivity contribution is -0.114. The van der Waals surface area contributed by atoms with Crippen LogP contribution in [0, 0.1) is 13.8 Å². The Morgan fingerprint density at radius 3 is 2.52 bits per heavy atom. The molecule has 2 aromatic carbocycles. The normalized spacial score (nSPS) is 10.3. The lowest BCUT2D eigenvalue weighted by Crippen LogP contribution is -2.22. The Labute approximate surface area is 134 Å². The molecule has 0 aliphatic heterocycles. The monoisotopic (exact) mass is 322 g/mol. The van der Waals surface area contributed by atoms with E-state index in [1.807, 2.05) is 32.0 Å². The Kier molecular flexibility index (Phi) is 5.10. The second kappa shape index (κ2) is 6.83. The number of hydrogen-bond donors (Lipinski definition) is 2. The maximum absolute atomic E-state index is 11.9. The number of rotatable bonds is 4. The molecule has 0 unspecified atom stereocenters. The third-order valence-electron chi connectivity index (χ3n) is 3.04. The van der Waals surface area contributed by atoms with E-state index in [1.54, 1.807) is 18.2 Å². The highest BCUT2D eigenvalue weighted by Crippen LogP contribution is 2.25. The highest BCUT2D eigenvalue weighted by molar-refractivity contribution is 6.42. The summed E-state index contributed by atoms with van der Waals surface area (Å²) in [6.45, 7) is 4.20. The van der Waals surface area contributed by atoms with E-state index < -0.39 is 0 Å². The van der Waals surface area contributed by atoms with Crippen LogP contribution >= 0.6 is 23.2 Å². The molecular formula is C16H16Cl2N2O. The van der Waals surface area contributed by atoms with E-state index in [-0.39, 0.29) is 12.5 Å². The minimum Gasteiger partial charge on any atom is -0.376 e. The molecule has 3 nitrogen and oxygen atoms in total. The second-order valence-corrected chi connectivity index (χ2v) is 5.66. The first-order valence-electron chi connectivity index (χ1n) is 6.52. The molecule has 0 saturated carbocycles. The van der Waals surface area contributed by atoms with Gasteiger partial charge in [-0.15, -0.1) is 0 Å². The molecule has 2 N–H and O–H groups in total. The third-order valence-corrected chi connectivity index (χ3v) is 3.77. The zero-order valence-electron chi connectivity index (χ0n) is 11.8. The van der Waals surface area contributed by atoms with Crippen molar-refractivity contribution in [3.63, 3.8) is 0 Å². The number of carbonyl (C=O) groups excluding carboxylic acids is 1. The van der Waals surface area contributed by atoms with Gasteiger partial charge in [-0.2, -0.15) is 0 Å². The van der Waals surface area contributed by atoms with Crippen LogP contribution in [0.3, 0.4) is 0 Å². The van der Waals surface area contributed by atoms with E-state index in [0.717, 1.165) is 16.8 Å². The molecule has 0 fully saturated rings. The van der Waals surface area contributed by atoms with Gasteiger partial charge in [-0.3, -0.25) is 4.79 Å². The van der Waals surface area contributed by atoms with Crippen molar-refractivity contribution in [1.82, 2.24) is 0 Å². The van der Waals surface area contributed by atoms with Crippen molar-refractivity contribution in [1.29, 1.82) is 0 Å². The Morgan fingerprint density at radius 2 is 1.81 bits per heavy atom. The summed E-state index contributed by atoms with van der Waals surface area (Å²) in [6.07, 6.45) is 0. The van der Waals surface area contributed by atoms with Crippen molar-refractivity contribution in [2.75, 3.05) is 17.2 Å². The first-order chi connectivity index (χ1) is 9.95. The van der Waals surface area contributed by atoms with Crippen molar-refractivity contribution in [3.8, 4) is 0 Å². The van der Waals surface area contributed by atoms with E-state index in [2.05, 4.69) is 10.6 Å². The first kappa shape index (κ1) is 15.7. The maximum atomic E-state index is 11.9. The standard InChI is InChI=1S/C16H16Cl2N2O/c1-10-3-4-11(2)15(7-10)19-9-16(21)20-12-5-6-13(17)14(18)8-12/h3-8,19H,9H2,1-2H3,(H,20,21). The lowest BCUT2D eigenvalue weighted by atomic mass is 10.1. The summed E-state index contributed by atoms with van der Waals surface area (Å²) in [5.41, 5.74) is 3.83. The van der Waals surface area contributed by atoms with Gasteiger partial charge in [-0.25, -0.2) is 0 Å². The number of benzene rings is 2. The van der Waals surface area contributed by atoms with Crippen LogP contribution in [0.5, 0.6) is 0 Å². The van der Waals surface area contributed by atoms with Crippen molar-refractivity contribution in [3.05, 3.63) is 57.6 Å². The molecule has 0 aliphatic rings. The number of aryl methyl sites for hydroxylation is 2. The molecule has 0 saturated heterocycles. The molecule has 0 bridgehead atoms. The molecule has 0 spiro atoms. The van der Waals surface area contributed by atoms with E-state index in [1.165, 1.54) is 0 Å². The fourth-order valence-corrected chi connectivity index (χ4v) is 2.18. The number of anilines is 2. The number of halogens is 2. The van der Waals surface area contributed by atoms with Crippen molar-refractivity contribution < 1.29 is 4.79 Å². The van der Waals surface area contributed by atoms with E-state index >= 15 is 0 Å². The Morgan fingerprint density at radius 1 is 1.05 bits per heavy atom. The molecule has 5 heteroatoms. The SMILES string of the molecule is Cc1ccc(C)c(NCC(=O)Nc2ccc(Cl)c(Cl)c2)c1. The van der Waals surface area contributed by atoms with Crippen molar-refractivity contribution in [2.45, 2.75) is 13.8 Å². The molecule has 0 heterocycles. The van der Waals surface area contributed by atoms with Crippen LogP contribution in [0.15, 0.2) is 36.4 Å². The van der Waals surface area contributed by atoms with Crippen LogP contribution in [0.1, 0.15) is 11.1 Å². The summed E-state index contributed by atoms with van der Waals surface area (Å²) in [4.78, 5) is 11.9. The van der Waals surface area contributed by atoms with Gasteiger partial charge in [0.05, 0.1) is 16.6 Å². The smallest absolute Gasteiger partial charge is 0.243 e. The summed E-state index contributed by atoms with van der Waals surface area (Å²) in [7, 11) is 0. The third kappa shape index (κ3) is 4.38. The van der Waals surface area contributed by atoms with E-state index in [0.29, 0.717) is 15.7 Å². The van der Waals surface area contributed by atoms with Gasteiger partial charge in [0.25, 0.3) is 0 Å². The molecule has 2 aromatic rings. The van der Waals surface area contributed by atoms with Gasteiger partial charge in [0.2, 0.25) is 5.91 Å². The van der Waals surface area contributed by atoms with Crippen LogP contribution in [-0.4, -0.2) is 12.5 Å². The molecular weight excluding hydrogens is 307 g/mol. The van der Waals surface area contributed by atoms with Gasteiger partial charge in [-0.1, -0.05) is 35.3 Å². The van der Waals surface area contributed by atoms with Gasteiger partial charge < -0.3 is 10.6 Å². The Bertz CT molecular complexity index is 671. The van der Waals surface area contributed by atoms with E-state index in [4.69, 9.17) is 23.2 Å². The number of hydrogen-bond acceptors (Lipinski definition) is 2. The van der Waals surface area contributed by atoms with Crippen molar-refractivity contribution >= 4 is 40.5 Å². The molecule has 0 radical (unpaired) electrons. The van der Waals surface area contributed by atoms with Crippen LogP contribution in [0.4, 0.5) is 11.4 Å². The average molecular weight is 323 g/mol. The zero-order chi connectivity index (χ0) is 15.4. The predicted molar refractivity (Wildman–Crippen MR) is 89.5 cm³/mol. The fraction of sp³-hybridized carbons (Fsp3) is 0.188. The molecule has 2 rings (SSSR count). The average Bonchev–Trinajstić information content (AvgIpc) is 2.44. The second-order valence-electron chi connectivity index (χ2n) is 4.85. The van der Waals surface area contributed by atoms with Crippen LogP contribution in [0.25, 0.3) is 0 Å². The largest absolute Gasteiger partial charge is 0.376 e. The number of amides is 1. The fourth-order valence-electron chi connectivity index (χ4n) is 1.88. The topological polar surface area (TPSA) is 41.1 Å². The summed E-state index contributed by atoms with van der Waals surface area (Å²) in [5.74, 6) is -0.144. The molecule has 0 aliphatic carbocycles. The van der Waals surface area contributed by atoms with Crippen LogP contribution in [-0.2, 0) is 4.79 Å². The van der Waals surface area contributed by atoms with Gasteiger partial charge in [0.15, 0.2) is 0 Å². The first-order valence-corrected chi connectivity index (χ1v) is 7.27. The molecule has 0 atom stereocenters. The van der Waals surface area contributed by atoms with Gasteiger partial charge in [0.1, 0.15) is 0 Å². The Hall–Kier alpha value is -1.71. The highest BCUT2D eigenvalue weighted by atomic mass is 35.5. The minimum absolute atomic E-state index is 0.144. The van der Waals surface area contributed by atoms with Gasteiger partial charge in [-0.05, 0) is 49.2 Å². The molecule has 110 valence electrons.